The smallest absolute Gasteiger partial charge is 0.247 e. The summed E-state index contributed by atoms with van der Waals surface area (Å²) in [6.07, 6.45) is -0.508. The maximum atomic E-state index is 11.2. The Kier molecular flexibility index (Phi) is 4.39. The van der Waals surface area contributed by atoms with Crippen molar-refractivity contribution in [2.75, 3.05) is 20.2 Å². The van der Waals surface area contributed by atoms with E-state index in [0.29, 0.717) is 6.54 Å². The van der Waals surface area contributed by atoms with Gasteiger partial charge < -0.3 is 15.2 Å². The van der Waals surface area contributed by atoms with E-state index in [2.05, 4.69) is 4.90 Å². The van der Waals surface area contributed by atoms with E-state index in [1.54, 1.807) is 7.11 Å². The molecule has 2 N–H and O–H groups in total. The molecular formula is C14H20N2O3. The topological polar surface area (TPSA) is 64.8 Å². The molecule has 1 aliphatic heterocycles. The zero-order valence-corrected chi connectivity index (χ0v) is 11.3. The summed E-state index contributed by atoms with van der Waals surface area (Å²) >= 11 is 0. The predicted molar refractivity (Wildman–Crippen MR) is 71.8 cm³/mol. The first-order valence-electron chi connectivity index (χ1n) is 6.38. The third-order valence-electron chi connectivity index (χ3n) is 3.19. The molecule has 2 rings (SSSR count). The highest BCUT2D eigenvalue weighted by atomic mass is 16.5. The Bertz CT molecular complexity index is 450. The van der Waals surface area contributed by atoms with Crippen molar-refractivity contribution >= 4 is 5.91 Å². The minimum absolute atomic E-state index is 0.0110. The van der Waals surface area contributed by atoms with Crippen molar-refractivity contribution in [2.24, 2.45) is 5.73 Å². The Labute approximate surface area is 113 Å². The van der Waals surface area contributed by atoms with Crippen molar-refractivity contribution in [3.8, 4) is 5.75 Å². The summed E-state index contributed by atoms with van der Waals surface area (Å²) in [6, 6.07) is 7.92. The second-order valence-corrected chi connectivity index (χ2v) is 4.88. The number of hydrogen-bond acceptors (Lipinski definition) is 4. The molecule has 0 aliphatic carbocycles. The van der Waals surface area contributed by atoms with Crippen molar-refractivity contribution < 1.29 is 14.3 Å². The monoisotopic (exact) mass is 264 g/mol. The van der Waals surface area contributed by atoms with Crippen molar-refractivity contribution in [3.05, 3.63) is 29.8 Å². The Morgan fingerprint density at radius 1 is 1.53 bits per heavy atom. The van der Waals surface area contributed by atoms with Crippen molar-refractivity contribution in [1.82, 2.24) is 4.90 Å². The quantitative estimate of drug-likeness (QED) is 0.872. The van der Waals surface area contributed by atoms with E-state index in [-0.39, 0.29) is 6.10 Å². The first-order valence-corrected chi connectivity index (χ1v) is 6.38. The van der Waals surface area contributed by atoms with Crippen LogP contribution in [0.5, 0.6) is 5.75 Å². The zero-order chi connectivity index (χ0) is 13.8. The lowest BCUT2D eigenvalue weighted by Crippen LogP contribution is -2.51. The number of ether oxygens (including phenoxy) is 2. The summed E-state index contributed by atoms with van der Waals surface area (Å²) in [5, 5.41) is 0. The van der Waals surface area contributed by atoms with Gasteiger partial charge in [0.15, 0.2) is 0 Å². The van der Waals surface area contributed by atoms with Crippen LogP contribution in [-0.2, 0) is 16.1 Å². The number of nitrogens with zero attached hydrogens (tertiary/aromatic N) is 1. The molecule has 104 valence electrons. The summed E-state index contributed by atoms with van der Waals surface area (Å²) in [6.45, 7) is 4.04. The Balaban J connectivity index is 2.03. The number of benzene rings is 1. The van der Waals surface area contributed by atoms with Gasteiger partial charge in [0.25, 0.3) is 0 Å². The van der Waals surface area contributed by atoms with Crippen LogP contribution in [0.1, 0.15) is 12.5 Å². The summed E-state index contributed by atoms with van der Waals surface area (Å²) in [7, 11) is 1.65. The fourth-order valence-electron chi connectivity index (χ4n) is 2.35. The number of morpholine rings is 1. The lowest BCUT2D eigenvalue weighted by molar-refractivity contribution is -0.142. The van der Waals surface area contributed by atoms with Gasteiger partial charge >= 0.3 is 0 Å². The van der Waals surface area contributed by atoms with E-state index in [9.17, 15) is 4.79 Å². The number of primary amides is 1. The second kappa shape index (κ2) is 6.04. The van der Waals surface area contributed by atoms with Gasteiger partial charge in [-0.25, -0.2) is 0 Å². The summed E-state index contributed by atoms with van der Waals surface area (Å²) in [5.74, 6) is 0.437. The highest BCUT2D eigenvalue weighted by Gasteiger charge is 2.28. The van der Waals surface area contributed by atoms with Crippen LogP contribution in [0, 0.1) is 0 Å². The molecule has 0 radical (unpaired) electrons. The summed E-state index contributed by atoms with van der Waals surface area (Å²) < 4.78 is 10.7. The van der Waals surface area contributed by atoms with Gasteiger partial charge in [-0.1, -0.05) is 12.1 Å². The van der Waals surface area contributed by atoms with E-state index in [4.69, 9.17) is 15.2 Å². The fraction of sp³-hybridized carbons (Fsp3) is 0.500. The predicted octanol–water partition coefficient (Wildman–Crippen LogP) is 0.770. The fourth-order valence-corrected chi connectivity index (χ4v) is 2.35. The molecule has 0 aromatic heterocycles. The van der Waals surface area contributed by atoms with Crippen molar-refractivity contribution in [2.45, 2.75) is 25.7 Å². The summed E-state index contributed by atoms with van der Waals surface area (Å²) in [4.78, 5) is 13.4. The normalized spacial score (nSPS) is 24.1. The molecule has 1 amide bonds. The molecule has 0 unspecified atom stereocenters. The van der Waals surface area contributed by atoms with E-state index in [1.165, 1.54) is 0 Å². The lowest BCUT2D eigenvalue weighted by Gasteiger charge is -2.35. The Hall–Kier alpha value is -1.59. The molecule has 5 heteroatoms. The molecule has 0 bridgehead atoms. The van der Waals surface area contributed by atoms with Gasteiger partial charge in [-0.2, -0.15) is 0 Å². The number of rotatable bonds is 4. The number of amides is 1. The van der Waals surface area contributed by atoms with Gasteiger partial charge in [0.05, 0.1) is 13.2 Å². The third kappa shape index (κ3) is 3.68. The van der Waals surface area contributed by atoms with Gasteiger partial charge in [0.2, 0.25) is 5.91 Å². The van der Waals surface area contributed by atoms with Crippen LogP contribution < -0.4 is 10.5 Å². The first kappa shape index (κ1) is 13.8. The molecule has 19 heavy (non-hydrogen) atoms. The molecule has 1 heterocycles. The van der Waals surface area contributed by atoms with Crippen molar-refractivity contribution in [1.29, 1.82) is 0 Å². The molecular weight excluding hydrogens is 244 g/mol. The maximum absolute atomic E-state index is 11.2. The maximum Gasteiger partial charge on any atom is 0.247 e. The number of nitrogens with two attached hydrogens (primary N) is 1. The van der Waals surface area contributed by atoms with E-state index >= 15 is 0 Å². The number of carbonyl (C=O) groups excluding carboxylic acids is 1. The average molecular weight is 264 g/mol. The van der Waals surface area contributed by atoms with Gasteiger partial charge in [-0.15, -0.1) is 0 Å². The minimum atomic E-state index is -0.519. The van der Waals surface area contributed by atoms with Gasteiger partial charge in [-0.05, 0) is 24.6 Å². The standard InChI is InChI=1S/C14H20N2O3/c1-10-7-16(9-13(19-10)14(15)17)8-11-4-3-5-12(6-11)18-2/h3-6,10,13H,7-9H2,1-2H3,(H2,15,17)/t10-,13+/m1/s1. The molecule has 2 atom stereocenters. The molecule has 1 fully saturated rings. The van der Waals surface area contributed by atoms with Crippen LogP contribution >= 0.6 is 0 Å². The number of methoxy groups -OCH3 is 1. The molecule has 5 nitrogen and oxygen atoms in total. The van der Waals surface area contributed by atoms with E-state index in [1.807, 2.05) is 31.2 Å². The van der Waals surface area contributed by atoms with Gasteiger partial charge in [-0.3, -0.25) is 9.69 Å². The molecule has 1 aliphatic rings. The largest absolute Gasteiger partial charge is 0.497 e. The summed E-state index contributed by atoms with van der Waals surface area (Å²) in [5.41, 5.74) is 6.47. The third-order valence-corrected chi connectivity index (χ3v) is 3.19. The zero-order valence-electron chi connectivity index (χ0n) is 11.3. The number of carbonyl (C=O) groups is 1. The van der Waals surface area contributed by atoms with E-state index in [0.717, 1.165) is 24.4 Å². The Morgan fingerprint density at radius 3 is 3.00 bits per heavy atom. The van der Waals surface area contributed by atoms with Crippen LogP contribution in [-0.4, -0.2) is 43.2 Å². The molecule has 0 spiro atoms. The minimum Gasteiger partial charge on any atom is -0.497 e. The van der Waals surface area contributed by atoms with E-state index < -0.39 is 12.0 Å². The molecule has 1 saturated heterocycles. The SMILES string of the molecule is COc1cccc(CN2C[C@@H](C)O[C@H](C(N)=O)C2)c1. The Morgan fingerprint density at radius 2 is 2.32 bits per heavy atom. The highest BCUT2D eigenvalue weighted by molar-refractivity contribution is 5.79. The molecule has 1 aromatic carbocycles. The molecule has 0 saturated carbocycles. The van der Waals surface area contributed by atoms with Crippen LogP contribution in [0.4, 0.5) is 0 Å². The second-order valence-electron chi connectivity index (χ2n) is 4.88. The van der Waals surface area contributed by atoms with Gasteiger partial charge in [0, 0.05) is 19.6 Å². The first-order chi connectivity index (χ1) is 9.08. The van der Waals surface area contributed by atoms with Crippen LogP contribution in [0.3, 0.4) is 0 Å². The molecule has 1 aromatic rings. The van der Waals surface area contributed by atoms with Gasteiger partial charge in [0.1, 0.15) is 11.9 Å². The van der Waals surface area contributed by atoms with Crippen LogP contribution in [0.2, 0.25) is 0 Å². The highest BCUT2D eigenvalue weighted by Crippen LogP contribution is 2.17. The van der Waals surface area contributed by atoms with Crippen LogP contribution in [0.25, 0.3) is 0 Å². The lowest BCUT2D eigenvalue weighted by atomic mass is 10.1. The number of hydrogen-bond donors (Lipinski definition) is 1. The average Bonchev–Trinajstić information content (AvgIpc) is 2.38. The van der Waals surface area contributed by atoms with Crippen molar-refractivity contribution in [3.63, 3.8) is 0 Å². The van der Waals surface area contributed by atoms with Crippen LogP contribution in [0.15, 0.2) is 24.3 Å².